The van der Waals surface area contributed by atoms with Crippen molar-refractivity contribution >= 4 is 11.5 Å². The molecule has 0 aliphatic rings. The van der Waals surface area contributed by atoms with E-state index in [0.29, 0.717) is 5.52 Å². The third kappa shape index (κ3) is 0.833. The van der Waals surface area contributed by atoms with Gasteiger partial charge in [-0.15, -0.1) is 0 Å². The smallest absolute Gasteiger partial charge is 0.356 e. The topological polar surface area (TPSA) is 67.5 Å². The van der Waals surface area contributed by atoms with Gasteiger partial charge in [-0.2, -0.15) is 5.10 Å². The molecule has 0 unspecified atom stereocenters. The quantitative estimate of drug-likeness (QED) is 0.661. The molecular weight excluding hydrogens is 158 g/mol. The van der Waals surface area contributed by atoms with Crippen LogP contribution in [0.15, 0.2) is 24.7 Å². The minimum absolute atomic E-state index is 0.0671. The molecule has 0 aliphatic carbocycles. The molecular formula is C7H5N3O2. The molecule has 0 atom stereocenters. The van der Waals surface area contributed by atoms with Gasteiger partial charge < -0.3 is 5.11 Å². The summed E-state index contributed by atoms with van der Waals surface area (Å²) in [4.78, 5) is 14.4. The summed E-state index contributed by atoms with van der Waals surface area (Å²) in [6.45, 7) is 0. The van der Waals surface area contributed by atoms with Crippen LogP contribution in [0.1, 0.15) is 10.5 Å². The Balaban J connectivity index is 2.82. The fourth-order valence-electron chi connectivity index (χ4n) is 0.997. The van der Waals surface area contributed by atoms with Gasteiger partial charge in [0.1, 0.15) is 0 Å². The van der Waals surface area contributed by atoms with Gasteiger partial charge in [-0.3, -0.25) is 4.98 Å². The lowest BCUT2D eigenvalue weighted by molar-refractivity contribution is 0.0687. The number of rotatable bonds is 1. The maximum absolute atomic E-state index is 10.6. The number of hydrogen-bond donors (Lipinski definition) is 1. The predicted molar refractivity (Wildman–Crippen MR) is 39.9 cm³/mol. The van der Waals surface area contributed by atoms with E-state index in [1.807, 2.05) is 0 Å². The van der Waals surface area contributed by atoms with Gasteiger partial charge in [0.15, 0.2) is 5.69 Å². The highest BCUT2D eigenvalue weighted by Crippen LogP contribution is 2.03. The molecule has 2 aromatic heterocycles. The van der Waals surface area contributed by atoms with E-state index >= 15 is 0 Å². The molecule has 0 radical (unpaired) electrons. The van der Waals surface area contributed by atoms with E-state index in [1.165, 1.54) is 16.9 Å². The van der Waals surface area contributed by atoms with Gasteiger partial charge in [0.2, 0.25) is 0 Å². The van der Waals surface area contributed by atoms with Gasteiger partial charge in [-0.05, 0) is 6.07 Å². The molecule has 2 heterocycles. The Morgan fingerprint density at radius 3 is 3.08 bits per heavy atom. The third-order valence-electron chi connectivity index (χ3n) is 1.52. The summed E-state index contributed by atoms with van der Waals surface area (Å²) in [5.41, 5.74) is 0.743. The molecule has 2 rings (SSSR count). The summed E-state index contributed by atoms with van der Waals surface area (Å²) >= 11 is 0. The number of carboxylic acids is 1. The minimum atomic E-state index is -1.03. The van der Waals surface area contributed by atoms with Gasteiger partial charge in [0.25, 0.3) is 0 Å². The highest BCUT2D eigenvalue weighted by Gasteiger charge is 2.07. The highest BCUT2D eigenvalue weighted by atomic mass is 16.4. The number of carboxylic acid groups (broad SMARTS) is 1. The Hall–Kier alpha value is -1.91. The maximum atomic E-state index is 10.6. The molecule has 12 heavy (non-hydrogen) atoms. The summed E-state index contributed by atoms with van der Waals surface area (Å²) in [5.74, 6) is -1.03. The van der Waals surface area contributed by atoms with Gasteiger partial charge in [0.05, 0.1) is 24.1 Å². The first kappa shape index (κ1) is 6.78. The maximum Gasteiger partial charge on any atom is 0.356 e. The SMILES string of the molecule is O=C(O)c1cncc2ccnn12. The Labute approximate surface area is 67.3 Å². The van der Waals surface area contributed by atoms with Crippen LogP contribution in [0.5, 0.6) is 0 Å². The number of hydrogen-bond acceptors (Lipinski definition) is 3. The molecule has 5 heteroatoms. The number of aromatic nitrogens is 3. The normalized spacial score (nSPS) is 10.3. The molecule has 0 fully saturated rings. The molecule has 5 nitrogen and oxygen atoms in total. The van der Waals surface area contributed by atoms with E-state index in [2.05, 4.69) is 10.1 Å². The molecule has 0 spiro atoms. The Bertz CT molecular complexity index is 435. The molecule has 0 saturated heterocycles. The van der Waals surface area contributed by atoms with Crippen molar-refractivity contribution in [3.05, 3.63) is 30.4 Å². The molecule has 0 bridgehead atoms. The van der Waals surface area contributed by atoms with Crippen LogP contribution >= 0.6 is 0 Å². The molecule has 2 aromatic rings. The van der Waals surface area contributed by atoms with Crippen molar-refractivity contribution in [1.29, 1.82) is 0 Å². The van der Waals surface area contributed by atoms with Crippen molar-refractivity contribution in [3.8, 4) is 0 Å². The number of fused-ring (bicyclic) bond motifs is 1. The van der Waals surface area contributed by atoms with Crippen molar-refractivity contribution in [3.63, 3.8) is 0 Å². The summed E-state index contributed by atoms with van der Waals surface area (Å²) in [6.07, 6.45) is 4.35. The summed E-state index contributed by atoms with van der Waals surface area (Å²) in [6, 6.07) is 1.69. The van der Waals surface area contributed by atoms with Crippen LogP contribution in [0, 0.1) is 0 Å². The lowest BCUT2D eigenvalue weighted by atomic mass is 10.4. The average Bonchev–Trinajstić information content (AvgIpc) is 2.49. The number of carbonyl (C=O) groups is 1. The lowest BCUT2D eigenvalue weighted by Crippen LogP contribution is -2.06. The van der Waals surface area contributed by atoms with Crippen LogP contribution in [-0.2, 0) is 0 Å². The second kappa shape index (κ2) is 2.30. The summed E-state index contributed by atoms with van der Waals surface area (Å²) in [7, 11) is 0. The first-order valence-electron chi connectivity index (χ1n) is 3.30. The standard InChI is InChI=1S/C7H5N3O2/c11-7(12)6-4-8-3-5-1-2-9-10(5)6/h1-4H,(H,11,12). The fraction of sp³-hybridized carbons (Fsp3) is 0. The minimum Gasteiger partial charge on any atom is -0.476 e. The third-order valence-corrected chi connectivity index (χ3v) is 1.52. The monoisotopic (exact) mass is 163 g/mol. The van der Waals surface area contributed by atoms with E-state index in [1.54, 1.807) is 12.3 Å². The van der Waals surface area contributed by atoms with Crippen molar-refractivity contribution in [1.82, 2.24) is 14.6 Å². The second-order valence-corrected chi connectivity index (χ2v) is 2.27. The highest BCUT2D eigenvalue weighted by molar-refractivity contribution is 5.86. The summed E-state index contributed by atoms with van der Waals surface area (Å²) < 4.78 is 1.33. The van der Waals surface area contributed by atoms with Crippen LogP contribution in [0.4, 0.5) is 0 Å². The van der Waals surface area contributed by atoms with Crippen molar-refractivity contribution in [2.24, 2.45) is 0 Å². The molecule has 0 aromatic carbocycles. The van der Waals surface area contributed by atoms with Crippen LogP contribution in [-0.4, -0.2) is 25.7 Å². The van der Waals surface area contributed by atoms with Crippen LogP contribution in [0.2, 0.25) is 0 Å². The zero-order valence-corrected chi connectivity index (χ0v) is 6.01. The van der Waals surface area contributed by atoms with Crippen molar-refractivity contribution < 1.29 is 9.90 Å². The van der Waals surface area contributed by atoms with Crippen LogP contribution in [0.25, 0.3) is 5.52 Å². The Morgan fingerprint density at radius 2 is 2.33 bits per heavy atom. The van der Waals surface area contributed by atoms with Gasteiger partial charge in [0, 0.05) is 0 Å². The van der Waals surface area contributed by atoms with Crippen molar-refractivity contribution in [2.75, 3.05) is 0 Å². The van der Waals surface area contributed by atoms with Crippen LogP contribution < -0.4 is 0 Å². The van der Waals surface area contributed by atoms with E-state index in [4.69, 9.17) is 5.11 Å². The number of aromatic carboxylic acids is 1. The Morgan fingerprint density at radius 1 is 1.50 bits per heavy atom. The van der Waals surface area contributed by atoms with Gasteiger partial charge >= 0.3 is 5.97 Å². The summed E-state index contributed by atoms with van der Waals surface area (Å²) in [5, 5.41) is 12.5. The zero-order chi connectivity index (χ0) is 8.55. The number of nitrogens with zero attached hydrogens (tertiary/aromatic N) is 3. The molecule has 0 amide bonds. The predicted octanol–water partition coefficient (Wildman–Crippen LogP) is 0.427. The van der Waals surface area contributed by atoms with Crippen LogP contribution in [0.3, 0.4) is 0 Å². The van der Waals surface area contributed by atoms with E-state index in [-0.39, 0.29) is 5.69 Å². The molecule has 0 saturated carbocycles. The van der Waals surface area contributed by atoms with Gasteiger partial charge in [-0.1, -0.05) is 0 Å². The lowest BCUT2D eigenvalue weighted by Gasteiger charge is -1.96. The van der Waals surface area contributed by atoms with Crippen molar-refractivity contribution in [2.45, 2.75) is 0 Å². The largest absolute Gasteiger partial charge is 0.476 e. The Kier molecular flexibility index (Phi) is 1.30. The van der Waals surface area contributed by atoms with Gasteiger partial charge in [-0.25, -0.2) is 9.31 Å². The first-order chi connectivity index (χ1) is 5.79. The van der Waals surface area contributed by atoms with E-state index < -0.39 is 5.97 Å². The molecule has 60 valence electrons. The molecule has 1 N–H and O–H groups in total. The fourth-order valence-corrected chi connectivity index (χ4v) is 0.997. The first-order valence-corrected chi connectivity index (χ1v) is 3.30. The van der Waals surface area contributed by atoms with E-state index in [0.717, 1.165) is 0 Å². The molecule has 0 aliphatic heterocycles. The van der Waals surface area contributed by atoms with E-state index in [9.17, 15) is 4.79 Å². The average molecular weight is 163 g/mol. The second-order valence-electron chi connectivity index (χ2n) is 2.27. The zero-order valence-electron chi connectivity index (χ0n) is 6.01.